The van der Waals surface area contributed by atoms with Crippen LogP contribution < -0.4 is 0 Å². The molecule has 8 nitrogen and oxygen atoms in total. The van der Waals surface area contributed by atoms with E-state index < -0.39 is 72.8 Å². The summed E-state index contributed by atoms with van der Waals surface area (Å²) in [5.41, 5.74) is 0.703. The topological polar surface area (TPSA) is 73.8 Å². The predicted octanol–water partition coefficient (Wildman–Crippen LogP) is 1.20. The first-order chi connectivity index (χ1) is 11.5. The van der Waals surface area contributed by atoms with Gasteiger partial charge in [0.25, 0.3) is 55.7 Å². The Labute approximate surface area is 178 Å². The zero-order chi connectivity index (χ0) is 18.8. The minimum atomic E-state index is -2.50. The average Bonchev–Trinajstić information content (AvgIpc) is 2.31. The molecule has 0 radical (unpaired) electrons. The molecule has 0 aromatic heterocycles. The lowest BCUT2D eigenvalue weighted by atomic mass is 11.8. The highest BCUT2D eigenvalue weighted by atomic mass is 28.5. The van der Waals surface area contributed by atoms with Crippen molar-refractivity contribution in [2.45, 2.75) is 72.9 Å². The van der Waals surface area contributed by atoms with Crippen LogP contribution in [-0.4, -0.2) is 72.8 Å². The van der Waals surface area contributed by atoms with E-state index in [4.69, 9.17) is 32.9 Å². The minimum Gasteiger partial charge on any atom is -0.420 e. The van der Waals surface area contributed by atoms with Crippen LogP contribution in [0.25, 0.3) is 0 Å². The van der Waals surface area contributed by atoms with Crippen LogP contribution in [0.5, 0.6) is 0 Å². The molecule has 0 aromatic rings. The van der Waals surface area contributed by atoms with Gasteiger partial charge in [-0.15, -0.1) is 0 Å². The van der Waals surface area contributed by atoms with Crippen molar-refractivity contribution >= 4 is 72.8 Å². The first kappa shape index (κ1) is 28.4. The molecule has 0 aliphatic carbocycles. The zero-order valence-electron chi connectivity index (χ0n) is 16.4. The van der Waals surface area contributed by atoms with Crippen molar-refractivity contribution in [1.82, 2.24) is 0 Å². The van der Waals surface area contributed by atoms with Gasteiger partial charge in [0.2, 0.25) is 0 Å². The molecule has 2 aliphatic rings. The summed E-state index contributed by atoms with van der Waals surface area (Å²) in [5, 5.41) is 0. The second kappa shape index (κ2) is 11.7. The summed E-state index contributed by atoms with van der Waals surface area (Å²) in [4.78, 5) is 0. The summed E-state index contributed by atoms with van der Waals surface area (Å²) in [5.74, 6) is 0. The highest BCUT2D eigenvalue weighted by molar-refractivity contribution is 6.93. The molecule has 2 fully saturated rings. The fourth-order valence-corrected chi connectivity index (χ4v) is 38.3. The quantitative estimate of drug-likeness (QED) is 0.499. The van der Waals surface area contributed by atoms with Gasteiger partial charge in [-0.3, -0.25) is 0 Å². The van der Waals surface area contributed by atoms with Gasteiger partial charge in [0.1, 0.15) is 0 Å². The largest absolute Gasteiger partial charge is 0.420 e. The number of rotatable bonds is 2. The Morgan fingerprint density at radius 2 is 0.704 bits per heavy atom. The van der Waals surface area contributed by atoms with E-state index in [1.807, 2.05) is 13.1 Å². The monoisotopic (exact) mass is 524 g/mol. The Morgan fingerprint density at radius 3 is 0.926 bits per heavy atom. The minimum absolute atomic E-state index is 0. The molecule has 4 atom stereocenters. The van der Waals surface area contributed by atoms with E-state index in [1.165, 1.54) is 0 Å². The van der Waals surface area contributed by atoms with E-state index in [2.05, 4.69) is 39.3 Å². The van der Waals surface area contributed by atoms with E-state index in [-0.39, 0.29) is 14.9 Å². The SMILES string of the molecule is C.C.C[SiH]1O[SiH](C)O[Si](C)(C[Si]2(C)O[SiH](C)O[SiH](C)O[SiH](C)O2)O[SiH](C)O1. The van der Waals surface area contributed by atoms with E-state index in [0.29, 0.717) is 5.67 Å². The van der Waals surface area contributed by atoms with Gasteiger partial charge >= 0.3 is 17.1 Å². The van der Waals surface area contributed by atoms with E-state index in [0.717, 1.165) is 0 Å². The summed E-state index contributed by atoms with van der Waals surface area (Å²) in [7, 11) is -15.3. The van der Waals surface area contributed by atoms with Crippen molar-refractivity contribution in [3.05, 3.63) is 0 Å². The summed E-state index contributed by atoms with van der Waals surface area (Å²) >= 11 is 0. The molecule has 2 aliphatic heterocycles. The van der Waals surface area contributed by atoms with Crippen LogP contribution in [0.4, 0.5) is 0 Å². The molecular formula is C11H40O8Si8. The van der Waals surface area contributed by atoms with Crippen molar-refractivity contribution in [2.24, 2.45) is 0 Å². The van der Waals surface area contributed by atoms with Gasteiger partial charge in [0.05, 0.1) is 0 Å². The van der Waals surface area contributed by atoms with Crippen LogP contribution in [0.2, 0.25) is 58.0 Å². The van der Waals surface area contributed by atoms with Gasteiger partial charge in [-0.2, -0.15) is 0 Å². The molecule has 16 heteroatoms. The molecule has 2 rings (SSSR count). The lowest BCUT2D eigenvalue weighted by molar-refractivity contribution is 0.262. The Morgan fingerprint density at radius 1 is 0.481 bits per heavy atom. The van der Waals surface area contributed by atoms with Crippen LogP contribution in [-0.2, 0) is 32.9 Å². The van der Waals surface area contributed by atoms with Crippen LogP contribution in [0, 0.1) is 0 Å². The van der Waals surface area contributed by atoms with Crippen molar-refractivity contribution < 1.29 is 32.9 Å². The molecule has 0 bridgehead atoms. The maximum absolute atomic E-state index is 6.41. The van der Waals surface area contributed by atoms with Gasteiger partial charge < -0.3 is 32.9 Å². The molecule has 0 aromatic carbocycles. The number of hydrogen-bond donors (Lipinski definition) is 0. The summed E-state index contributed by atoms with van der Waals surface area (Å²) < 4.78 is 49.7. The van der Waals surface area contributed by atoms with Crippen molar-refractivity contribution in [1.29, 1.82) is 0 Å². The van der Waals surface area contributed by atoms with Crippen molar-refractivity contribution in [3.63, 3.8) is 0 Å². The molecule has 164 valence electrons. The van der Waals surface area contributed by atoms with Crippen LogP contribution in [0.15, 0.2) is 0 Å². The Kier molecular flexibility index (Phi) is 12.3. The number of hydrogen-bond acceptors (Lipinski definition) is 8. The maximum atomic E-state index is 6.41. The van der Waals surface area contributed by atoms with E-state index >= 15 is 0 Å². The van der Waals surface area contributed by atoms with Gasteiger partial charge in [-0.05, 0) is 52.4 Å². The van der Waals surface area contributed by atoms with Crippen molar-refractivity contribution in [2.75, 3.05) is 0 Å². The lowest BCUT2D eigenvalue weighted by Gasteiger charge is -2.43. The lowest BCUT2D eigenvalue weighted by Crippen LogP contribution is -2.61. The fourth-order valence-electron chi connectivity index (χ4n) is 3.46. The average molecular weight is 525 g/mol. The standard InChI is InChI=1S/C9H32O8Si8.2CH4/c1-18-10-20(3)14-24(7,15-21(4)11-18)9-25(8)16-22(5)12-19(2)13-23(6)17-25;;/h18-23H,9H2,1-8H3;2*1H4. The zero-order valence-corrected chi connectivity index (χ0v) is 25.4. The van der Waals surface area contributed by atoms with E-state index in [1.54, 1.807) is 0 Å². The molecule has 0 N–H and O–H groups in total. The molecule has 2 saturated heterocycles. The second-order valence-corrected chi connectivity index (χ2v) is 27.8. The Bertz CT molecular complexity index is 385. The van der Waals surface area contributed by atoms with Crippen LogP contribution in [0.1, 0.15) is 14.9 Å². The highest BCUT2D eigenvalue weighted by Gasteiger charge is 2.50. The molecule has 4 unspecified atom stereocenters. The summed E-state index contributed by atoms with van der Waals surface area (Å²) in [6.45, 7) is 16.5. The smallest absolute Gasteiger partial charge is 0.318 e. The molecule has 0 amide bonds. The summed E-state index contributed by atoms with van der Waals surface area (Å²) in [6, 6.07) is 0. The van der Waals surface area contributed by atoms with Crippen molar-refractivity contribution in [3.8, 4) is 0 Å². The third-order valence-corrected chi connectivity index (χ3v) is 34.5. The van der Waals surface area contributed by atoms with Gasteiger partial charge in [0.15, 0.2) is 0 Å². The third kappa shape index (κ3) is 9.39. The molecule has 27 heavy (non-hydrogen) atoms. The predicted molar refractivity (Wildman–Crippen MR) is 128 cm³/mol. The fraction of sp³-hybridized carbons (Fsp3) is 1.00. The van der Waals surface area contributed by atoms with Crippen LogP contribution >= 0.6 is 0 Å². The second-order valence-electron chi connectivity index (χ2n) is 6.87. The molecule has 0 spiro atoms. The first-order valence-corrected chi connectivity index (χ1v) is 26.4. The van der Waals surface area contributed by atoms with E-state index in [9.17, 15) is 0 Å². The summed E-state index contributed by atoms with van der Waals surface area (Å²) in [6.07, 6.45) is 0. The molecule has 0 saturated carbocycles. The molecular weight excluding hydrogens is 485 g/mol. The Hall–Kier alpha value is 1.42. The van der Waals surface area contributed by atoms with Crippen LogP contribution in [0.3, 0.4) is 0 Å². The first-order valence-electron chi connectivity index (χ1n) is 8.82. The normalized spacial score (nSPS) is 46.7. The molecule has 2 heterocycles. The van der Waals surface area contributed by atoms with Gasteiger partial charge in [0, 0.05) is 5.67 Å². The Balaban J connectivity index is 0.00000338. The highest BCUT2D eigenvalue weighted by Crippen LogP contribution is 2.29. The van der Waals surface area contributed by atoms with Gasteiger partial charge in [-0.1, -0.05) is 14.9 Å². The maximum Gasteiger partial charge on any atom is 0.318 e. The third-order valence-electron chi connectivity index (χ3n) is 3.84. The van der Waals surface area contributed by atoms with Gasteiger partial charge in [-0.25, -0.2) is 0 Å².